The van der Waals surface area contributed by atoms with Crippen LogP contribution in [0.4, 0.5) is 0 Å². The Morgan fingerprint density at radius 3 is 2.65 bits per heavy atom. The number of nitrogens with zero attached hydrogens (tertiary/aromatic N) is 2. The van der Waals surface area contributed by atoms with Gasteiger partial charge >= 0.3 is 0 Å². The standard InChI is InChI=1S/C14H10N2O/c17-10-16-9-8-14(15-16)13-7-3-5-11-4-1-2-6-12(11)13/h1-10H. The molecule has 1 aromatic heterocycles. The first-order valence-electron chi connectivity index (χ1n) is 5.37. The van der Waals surface area contributed by atoms with E-state index in [0.29, 0.717) is 6.41 Å². The highest BCUT2D eigenvalue weighted by Gasteiger charge is 2.05. The summed E-state index contributed by atoms with van der Waals surface area (Å²) < 4.78 is 1.27. The second kappa shape index (κ2) is 3.87. The number of carbonyl (C=O) groups excluding carboxylic acids is 1. The van der Waals surface area contributed by atoms with Gasteiger partial charge in [0.05, 0.1) is 5.69 Å². The lowest BCUT2D eigenvalue weighted by Gasteiger charge is -2.03. The molecular weight excluding hydrogens is 212 g/mol. The van der Waals surface area contributed by atoms with Crippen molar-refractivity contribution < 1.29 is 4.79 Å². The molecule has 1 heterocycles. The van der Waals surface area contributed by atoms with Crippen LogP contribution >= 0.6 is 0 Å². The Balaban J connectivity index is 2.26. The van der Waals surface area contributed by atoms with E-state index in [2.05, 4.69) is 23.3 Å². The molecule has 0 fully saturated rings. The van der Waals surface area contributed by atoms with Crippen LogP contribution in [0.1, 0.15) is 0 Å². The van der Waals surface area contributed by atoms with Gasteiger partial charge in [-0.25, -0.2) is 4.68 Å². The highest BCUT2D eigenvalue weighted by molar-refractivity contribution is 5.95. The Kier molecular flexibility index (Phi) is 2.22. The van der Waals surface area contributed by atoms with Crippen LogP contribution in [0.2, 0.25) is 0 Å². The highest BCUT2D eigenvalue weighted by Crippen LogP contribution is 2.26. The van der Waals surface area contributed by atoms with Gasteiger partial charge in [0.2, 0.25) is 6.41 Å². The normalized spacial score (nSPS) is 10.6. The Morgan fingerprint density at radius 2 is 1.82 bits per heavy atom. The van der Waals surface area contributed by atoms with Gasteiger partial charge in [-0.05, 0) is 16.8 Å². The summed E-state index contributed by atoms with van der Waals surface area (Å²) in [5, 5.41) is 6.51. The van der Waals surface area contributed by atoms with Crippen molar-refractivity contribution in [2.24, 2.45) is 0 Å². The molecule has 0 atom stereocenters. The molecule has 0 aliphatic heterocycles. The van der Waals surface area contributed by atoms with Gasteiger partial charge in [0.25, 0.3) is 0 Å². The maximum Gasteiger partial charge on any atom is 0.234 e. The van der Waals surface area contributed by atoms with E-state index in [4.69, 9.17) is 0 Å². The molecule has 0 aliphatic carbocycles. The zero-order valence-corrected chi connectivity index (χ0v) is 9.08. The first kappa shape index (κ1) is 9.78. The van der Waals surface area contributed by atoms with E-state index in [9.17, 15) is 4.79 Å². The van der Waals surface area contributed by atoms with Crippen molar-refractivity contribution in [2.45, 2.75) is 0 Å². The molecule has 2 aromatic carbocycles. The number of hydrogen-bond donors (Lipinski definition) is 0. The van der Waals surface area contributed by atoms with Gasteiger partial charge in [0, 0.05) is 11.8 Å². The second-order valence-corrected chi connectivity index (χ2v) is 3.81. The van der Waals surface area contributed by atoms with E-state index in [1.54, 1.807) is 6.20 Å². The smallest absolute Gasteiger partial charge is 0.234 e. The van der Waals surface area contributed by atoms with Crippen LogP contribution in [-0.2, 0) is 4.79 Å². The van der Waals surface area contributed by atoms with E-state index in [0.717, 1.165) is 16.6 Å². The third kappa shape index (κ3) is 1.61. The molecule has 3 aromatic rings. The van der Waals surface area contributed by atoms with Gasteiger partial charge in [-0.1, -0.05) is 42.5 Å². The molecule has 0 radical (unpaired) electrons. The predicted molar refractivity (Wildman–Crippen MR) is 67.3 cm³/mol. The number of carbonyl (C=O) groups is 1. The van der Waals surface area contributed by atoms with Crippen molar-refractivity contribution in [3.63, 3.8) is 0 Å². The molecule has 0 saturated carbocycles. The lowest BCUT2D eigenvalue weighted by Crippen LogP contribution is -1.94. The molecular formula is C14H10N2O. The largest absolute Gasteiger partial charge is 0.276 e. The summed E-state index contributed by atoms with van der Waals surface area (Å²) in [6.07, 6.45) is 2.35. The molecule has 0 saturated heterocycles. The van der Waals surface area contributed by atoms with Crippen molar-refractivity contribution in [3.05, 3.63) is 54.7 Å². The fourth-order valence-corrected chi connectivity index (χ4v) is 1.99. The van der Waals surface area contributed by atoms with Gasteiger partial charge in [-0.3, -0.25) is 4.79 Å². The Morgan fingerprint density at radius 1 is 1.00 bits per heavy atom. The molecule has 0 unspecified atom stereocenters. The number of rotatable bonds is 2. The summed E-state index contributed by atoms with van der Waals surface area (Å²) in [5.41, 5.74) is 1.86. The number of hydrogen-bond acceptors (Lipinski definition) is 2. The molecule has 0 N–H and O–H groups in total. The Bertz CT molecular complexity index is 680. The van der Waals surface area contributed by atoms with Crippen molar-refractivity contribution in [1.29, 1.82) is 0 Å². The molecule has 3 rings (SSSR count). The van der Waals surface area contributed by atoms with Crippen LogP contribution in [0, 0.1) is 0 Å². The number of fused-ring (bicyclic) bond motifs is 1. The van der Waals surface area contributed by atoms with Gasteiger partial charge in [-0.2, -0.15) is 5.10 Å². The van der Waals surface area contributed by atoms with Crippen LogP contribution in [0.3, 0.4) is 0 Å². The lowest BCUT2D eigenvalue weighted by molar-refractivity contribution is 0.541. The number of aromatic nitrogens is 2. The van der Waals surface area contributed by atoms with E-state index in [-0.39, 0.29) is 0 Å². The summed E-state index contributed by atoms with van der Waals surface area (Å²) in [6.45, 7) is 0. The first-order valence-corrected chi connectivity index (χ1v) is 5.37. The molecule has 3 nitrogen and oxygen atoms in total. The van der Waals surface area contributed by atoms with Crippen LogP contribution in [0.25, 0.3) is 22.0 Å². The molecule has 17 heavy (non-hydrogen) atoms. The van der Waals surface area contributed by atoms with Gasteiger partial charge in [0.1, 0.15) is 0 Å². The molecule has 3 heteroatoms. The van der Waals surface area contributed by atoms with Crippen LogP contribution in [-0.4, -0.2) is 16.2 Å². The summed E-state index contributed by atoms with van der Waals surface area (Å²) in [6, 6.07) is 16.1. The van der Waals surface area contributed by atoms with Crippen LogP contribution in [0.5, 0.6) is 0 Å². The summed E-state index contributed by atoms with van der Waals surface area (Å²) >= 11 is 0. The summed E-state index contributed by atoms with van der Waals surface area (Å²) in [7, 11) is 0. The zero-order valence-electron chi connectivity index (χ0n) is 9.08. The zero-order chi connectivity index (χ0) is 11.7. The average Bonchev–Trinajstić information content (AvgIpc) is 2.87. The van der Waals surface area contributed by atoms with Crippen LogP contribution < -0.4 is 0 Å². The molecule has 0 aliphatic rings. The maximum atomic E-state index is 10.6. The van der Waals surface area contributed by atoms with Crippen molar-refractivity contribution in [1.82, 2.24) is 9.78 Å². The minimum absolute atomic E-state index is 0.689. The topological polar surface area (TPSA) is 34.9 Å². The van der Waals surface area contributed by atoms with Crippen molar-refractivity contribution in [2.75, 3.05) is 0 Å². The SMILES string of the molecule is O=Cn1ccc(-c2cccc3ccccc23)n1. The minimum Gasteiger partial charge on any atom is -0.276 e. The van der Waals surface area contributed by atoms with Crippen molar-refractivity contribution >= 4 is 17.2 Å². The third-order valence-electron chi connectivity index (χ3n) is 2.78. The first-order chi connectivity index (χ1) is 8.38. The predicted octanol–water partition coefficient (Wildman–Crippen LogP) is 2.74. The maximum absolute atomic E-state index is 10.6. The quantitative estimate of drug-likeness (QED) is 0.625. The highest BCUT2D eigenvalue weighted by atomic mass is 16.1. The number of benzene rings is 2. The molecule has 0 spiro atoms. The van der Waals surface area contributed by atoms with Gasteiger partial charge < -0.3 is 0 Å². The molecule has 82 valence electrons. The average molecular weight is 222 g/mol. The van der Waals surface area contributed by atoms with Crippen molar-refractivity contribution in [3.8, 4) is 11.3 Å². The Hall–Kier alpha value is -2.42. The van der Waals surface area contributed by atoms with E-state index < -0.39 is 0 Å². The monoisotopic (exact) mass is 222 g/mol. The summed E-state index contributed by atoms with van der Waals surface area (Å²) in [4.78, 5) is 10.6. The minimum atomic E-state index is 0.689. The molecule has 0 bridgehead atoms. The summed E-state index contributed by atoms with van der Waals surface area (Å²) in [5.74, 6) is 0. The fourth-order valence-electron chi connectivity index (χ4n) is 1.99. The van der Waals surface area contributed by atoms with Crippen LogP contribution in [0.15, 0.2) is 54.7 Å². The van der Waals surface area contributed by atoms with E-state index in [1.807, 2.05) is 30.3 Å². The second-order valence-electron chi connectivity index (χ2n) is 3.81. The van der Waals surface area contributed by atoms with Gasteiger partial charge in [0.15, 0.2) is 0 Å². The third-order valence-corrected chi connectivity index (χ3v) is 2.78. The fraction of sp³-hybridized carbons (Fsp3) is 0. The molecule has 0 amide bonds. The van der Waals surface area contributed by atoms with E-state index >= 15 is 0 Å². The van der Waals surface area contributed by atoms with Gasteiger partial charge in [-0.15, -0.1) is 0 Å². The Labute approximate surface area is 98.3 Å². The lowest BCUT2D eigenvalue weighted by atomic mass is 10.0. The van der Waals surface area contributed by atoms with E-state index in [1.165, 1.54) is 10.1 Å².